The summed E-state index contributed by atoms with van der Waals surface area (Å²) >= 11 is 0. The van der Waals surface area contributed by atoms with E-state index in [9.17, 15) is 0 Å². The number of hydrogen-bond acceptors (Lipinski definition) is 8. The lowest BCUT2D eigenvalue weighted by Crippen LogP contribution is -2.36. The Morgan fingerprint density at radius 1 is 1.14 bits per heavy atom. The van der Waals surface area contributed by atoms with Crippen LogP contribution in [0.2, 0.25) is 0 Å². The standard InChI is InChI=1S/C20H27N7O2/c1-12(2)27-11-22-25-19(27)13-6-5-7-26(10-13)20-23-15-9-17(29-4)16(28-3)8-14(15)18(21)24-20/h8-9,11-13H,5-7,10H2,1-4H3,(H2,21,23,24). The van der Waals surface area contributed by atoms with Crippen molar-refractivity contribution < 1.29 is 9.47 Å². The Morgan fingerprint density at radius 2 is 1.90 bits per heavy atom. The average molecular weight is 397 g/mol. The molecule has 1 aliphatic rings. The second kappa shape index (κ2) is 7.73. The monoisotopic (exact) mass is 397 g/mol. The molecule has 0 aliphatic carbocycles. The van der Waals surface area contributed by atoms with Gasteiger partial charge in [-0.3, -0.25) is 0 Å². The number of rotatable bonds is 5. The lowest BCUT2D eigenvalue weighted by molar-refractivity contribution is 0.356. The molecule has 1 saturated heterocycles. The summed E-state index contributed by atoms with van der Waals surface area (Å²) in [6, 6.07) is 3.98. The van der Waals surface area contributed by atoms with Crippen LogP contribution in [0, 0.1) is 0 Å². The largest absolute Gasteiger partial charge is 0.493 e. The van der Waals surface area contributed by atoms with Crippen LogP contribution in [-0.4, -0.2) is 52.0 Å². The Kier molecular flexibility index (Phi) is 5.12. The summed E-state index contributed by atoms with van der Waals surface area (Å²) in [6.45, 7) is 5.94. The molecule has 2 aromatic heterocycles. The fraction of sp³-hybridized carbons (Fsp3) is 0.500. The van der Waals surface area contributed by atoms with Crippen LogP contribution in [0.4, 0.5) is 11.8 Å². The molecule has 3 heterocycles. The summed E-state index contributed by atoms with van der Waals surface area (Å²) in [6.07, 6.45) is 3.90. The number of nitrogen functional groups attached to an aromatic ring is 1. The van der Waals surface area contributed by atoms with Crippen molar-refractivity contribution in [1.82, 2.24) is 24.7 Å². The Morgan fingerprint density at radius 3 is 2.62 bits per heavy atom. The van der Waals surface area contributed by atoms with Crippen molar-refractivity contribution in [2.45, 2.75) is 38.6 Å². The molecule has 4 rings (SSSR count). The molecule has 9 nitrogen and oxygen atoms in total. The number of fused-ring (bicyclic) bond motifs is 1. The second-order valence-corrected chi connectivity index (χ2v) is 7.61. The van der Waals surface area contributed by atoms with E-state index in [1.165, 1.54) is 0 Å². The van der Waals surface area contributed by atoms with Gasteiger partial charge in [-0.2, -0.15) is 4.98 Å². The van der Waals surface area contributed by atoms with E-state index in [0.717, 1.165) is 42.7 Å². The lowest BCUT2D eigenvalue weighted by atomic mass is 9.97. The fourth-order valence-electron chi connectivity index (χ4n) is 3.92. The third kappa shape index (κ3) is 3.52. The number of nitrogens with zero attached hydrogens (tertiary/aromatic N) is 6. The highest BCUT2D eigenvalue weighted by Gasteiger charge is 2.28. The van der Waals surface area contributed by atoms with E-state index >= 15 is 0 Å². The van der Waals surface area contributed by atoms with Crippen molar-refractivity contribution >= 4 is 22.7 Å². The maximum absolute atomic E-state index is 6.27. The molecule has 2 N–H and O–H groups in total. The molecule has 0 spiro atoms. The van der Waals surface area contributed by atoms with Gasteiger partial charge in [0.1, 0.15) is 18.0 Å². The van der Waals surface area contributed by atoms with E-state index in [0.29, 0.717) is 29.3 Å². The van der Waals surface area contributed by atoms with Crippen molar-refractivity contribution in [2.75, 3.05) is 37.9 Å². The van der Waals surface area contributed by atoms with Gasteiger partial charge in [0.2, 0.25) is 5.95 Å². The third-order valence-electron chi connectivity index (χ3n) is 5.45. The van der Waals surface area contributed by atoms with Gasteiger partial charge in [0.25, 0.3) is 0 Å². The minimum atomic E-state index is 0.277. The first kappa shape index (κ1) is 19.2. The third-order valence-corrected chi connectivity index (χ3v) is 5.45. The molecule has 0 radical (unpaired) electrons. The van der Waals surface area contributed by atoms with Crippen LogP contribution >= 0.6 is 0 Å². The zero-order valence-electron chi connectivity index (χ0n) is 17.3. The normalized spacial score (nSPS) is 17.1. The molecule has 0 saturated carbocycles. The van der Waals surface area contributed by atoms with Crippen LogP contribution in [0.15, 0.2) is 18.5 Å². The highest BCUT2D eigenvalue weighted by Crippen LogP contribution is 2.35. The maximum atomic E-state index is 6.27. The van der Waals surface area contributed by atoms with Gasteiger partial charge in [0.05, 0.1) is 19.7 Å². The molecule has 0 bridgehead atoms. The smallest absolute Gasteiger partial charge is 0.227 e. The second-order valence-electron chi connectivity index (χ2n) is 7.61. The number of aromatic nitrogens is 5. The molecule has 3 aromatic rings. The summed E-state index contributed by atoms with van der Waals surface area (Å²) in [5.41, 5.74) is 7.01. The Labute approximate surface area is 169 Å². The van der Waals surface area contributed by atoms with Crippen LogP contribution < -0.4 is 20.1 Å². The van der Waals surface area contributed by atoms with Crippen molar-refractivity contribution in [2.24, 2.45) is 0 Å². The van der Waals surface area contributed by atoms with Gasteiger partial charge in [0.15, 0.2) is 11.5 Å². The van der Waals surface area contributed by atoms with Crippen LogP contribution in [0.1, 0.15) is 44.5 Å². The summed E-state index contributed by atoms with van der Waals surface area (Å²) in [5.74, 6) is 3.57. The number of piperidine rings is 1. The van der Waals surface area contributed by atoms with E-state index in [1.807, 2.05) is 18.5 Å². The predicted molar refractivity (Wildman–Crippen MR) is 112 cm³/mol. The van der Waals surface area contributed by atoms with Crippen molar-refractivity contribution in [3.05, 3.63) is 24.3 Å². The Balaban J connectivity index is 1.67. The van der Waals surface area contributed by atoms with E-state index in [1.54, 1.807) is 14.2 Å². The number of hydrogen-bond donors (Lipinski definition) is 1. The quantitative estimate of drug-likeness (QED) is 0.701. The van der Waals surface area contributed by atoms with E-state index < -0.39 is 0 Å². The first-order valence-corrected chi connectivity index (χ1v) is 9.85. The molecular formula is C20H27N7O2. The topological polar surface area (TPSA) is 104 Å². The van der Waals surface area contributed by atoms with Crippen molar-refractivity contribution in [1.29, 1.82) is 0 Å². The van der Waals surface area contributed by atoms with E-state index in [-0.39, 0.29) is 5.92 Å². The van der Waals surface area contributed by atoms with Gasteiger partial charge in [-0.15, -0.1) is 10.2 Å². The summed E-state index contributed by atoms with van der Waals surface area (Å²) < 4.78 is 12.9. The van der Waals surface area contributed by atoms with Gasteiger partial charge >= 0.3 is 0 Å². The van der Waals surface area contributed by atoms with E-state index in [4.69, 9.17) is 20.2 Å². The SMILES string of the molecule is COc1cc2nc(N3CCCC(c4nncn4C(C)C)C3)nc(N)c2cc1OC. The van der Waals surface area contributed by atoms with Crippen LogP contribution in [0.25, 0.3) is 10.9 Å². The lowest BCUT2D eigenvalue weighted by Gasteiger charge is -2.33. The number of methoxy groups -OCH3 is 2. The summed E-state index contributed by atoms with van der Waals surface area (Å²) in [4.78, 5) is 11.5. The van der Waals surface area contributed by atoms with Crippen LogP contribution in [0.3, 0.4) is 0 Å². The van der Waals surface area contributed by atoms with Crippen molar-refractivity contribution in [3.63, 3.8) is 0 Å². The van der Waals surface area contributed by atoms with Gasteiger partial charge in [-0.25, -0.2) is 4.98 Å². The minimum Gasteiger partial charge on any atom is -0.493 e. The Bertz CT molecular complexity index is 1020. The molecule has 1 fully saturated rings. The number of anilines is 2. The summed E-state index contributed by atoms with van der Waals surface area (Å²) in [5, 5.41) is 9.26. The first-order chi connectivity index (χ1) is 14.0. The molecule has 1 aromatic carbocycles. The number of benzene rings is 1. The molecule has 154 valence electrons. The Hall–Kier alpha value is -3.10. The van der Waals surface area contributed by atoms with Gasteiger partial charge in [0, 0.05) is 36.5 Å². The van der Waals surface area contributed by atoms with Gasteiger partial charge in [-0.05, 0) is 32.8 Å². The van der Waals surface area contributed by atoms with Crippen LogP contribution in [-0.2, 0) is 0 Å². The summed E-state index contributed by atoms with van der Waals surface area (Å²) in [7, 11) is 3.20. The van der Waals surface area contributed by atoms with E-state index in [2.05, 4.69) is 38.5 Å². The first-order valence-electron chi connectivity index (χ1n) is 9.85. The molecule has 1 unspecified atom stereocenters. The molecule has 29 heavy (non-hydrogen) atoms. The molecular weight excluding hydrogens is 370 g/mol. The van der Waals surface area contributed by atoms with Crippen LogP contribution in [0.5, 0.6) is 11.5 Å². The van der Waals surface area contributed by atoms with Gasteiger partial charge in [-0.1, -0.05) is 0 Å². The molecule has 9 heteroatoms. The molecule has 1 atom stereocenters. The maximum Gasteiger partial charge on any atom is 0.227 e. The predicted octanol–water partition coefficient (Wildman–Crippen LogP) is 2.79. The number of ether oxygens (including phenoxy) is 2. The molecule has 1 aliphatic heterocycles. The zero-order chi connectivity index (χ0) is 20.5. The number of nitrogens with two attached hydrogens (primary N) is 1. The van der Waals surface area contributed by atoms with Gasteiger partial charge < -0.3 is 24.7 Å². The molecule has 0 amide bonds. The van der Waals surface area contributed by atoms with Crippen molar-refractivity contribution in [3.8, 4) is 11.5 Å². The fourth-order valence-corrected chi connectivity index (χ4v) is 3.92. The average Bonchev–Trinajstić information content (AvgIpc) is 3.23. The zero-order valence-corrected chi connectivity index (χ0v) is 17.3. The highest BCUT2D eigenvalue weighted by atomic mass is 16.5. The highest BCUT2D eigenvalue weighted by molar-refractivity contribution is 5.91. The minimum absolute atomic E-state index is 0.277.